The van der Waals surface area contributed by atoms with E-state index in [2.05, 4.69) is 0 Å². The van der Waals surface area contributed by atoms with Crippen LogP contribution in [0.5, 0.6) is 0 Å². The van der Waals surface area contributed by atoms with E-state index in [9.17, 15) is 14.4 Å². The Morgan fingerprint density at radius 2 is 1.93 bits per heavy atom. The average molecular weight is 199 g/mol. The first-order chi connectivity index (χ1) is 6.48. The molecule has 76 valence electrons. The molecule has 0 aromatic heterocycles. The number of carbonyl (C=O) groups excluding carboxylic acids is 1. The Hall–Kier alpha value is -1.59. The third-order valence-corrected chi connectivity index (χ3v) is 2.91. The fourth-order valence-corrected chi connectivity index (χ4v) is 1.93. The predicted octanol–water partition coefficient (Wildman–Crippen LogP) is 0.130. The second-order valence-electron chi connectivity index (χ2n) is 3.80. The molecule has 0 aromatic rings. The molecule has 2 amide bonds. The number of imide groups is 1. The van der Waals surface area contributed by atoms with Crippen LogP contribution in [0.3, 0.4) is 0 Å². The van der Waals surface area contributed by atoms with Crippen molar-refractivity contribution in [2.45, 2.75) is 25.3 Å². The van der Waals surface area contributed by atoms with Crippen molar-refractivity contribution < 1.29 is 24.6 Å². The van der Waals surface area contributed by atoms with Crippen molar-refractivity contribution in [3.8, 4) is 0 Å². The highest BCUT2D eigenvalue weighted by Crippen LogP contribution is 2.55. The molecule has 0 radical (unpaired) electrons. The minimum atomic E-state index is -1.47. The van der Waals surface area contributed by atoms with Crippen molar-refractivity contribution in [1.29, 1.82) is 0 Å². The third-order valence-electron chi connectivity index (χ3n) is 2.91. The molecule has 6 heteroatoms. The van der Waals surface area contributed by atoms with Crippen LogP contribution in [0, 0.1) is 5.41 Å². The van der Waals surface area contributed by atoms with Crippen molar-refractivity contribution in [3.63, 3.8) is 0 Å². The van der Waals surface area contributed by atoms with E-state index in [0.29, 0.717) is 17.7 Å². The van der Waals surface area contributed by atoms with Crippen LogP contribution in [0.1, 0.15) is 19.3 Å². The summed E-state index contributed by atoms with van der Waals surface area (Å²) in [5.41, 5.74) is -0.665. The number of hydrogen-bond donors (Lipinski definition) is 2. The molecule has 2 fully saturated rings. The van der Waals surface area contributed by atoms with Crippen LogP contribution in [0.4, 0.5) is 4.79 Å². The van der Waals surface area contributed by atoms with Crippen LogP contribution < -0.4 is 0 Å². The maximum Gasteiger partial charge on any atom is 0.414 e. The molecule has 1 atom stereocenters. The van der Waals surface area contributed by atoms with Gasteiger partial charge in [0.2, 0.25) is 5.91 Å². The fourth-order valence-electron chi connectivity index (χ4n) is 1.93. The molecule has 1 spiro atoms. The van der Waals surface area contributed by atoms with E-state index in [0.717, 1.165) is 0 Å². The number of likely N-dealkylation sites (tertiary alicyclic amines) is 1. The molecule has 1 saturated carbocycles. The topological polar surface area (TPSA) is 94.9 Å². The summed E-state index contributed by atoms with van der Waals surface area (Å²) in [7, 11) is 0. The quantitative estimate of drug-likeness (QED) is 0.625. The lowest BCUT2D eigenvalue weighted by Crippen LogP contribution is -2.42. The largest absolute Gasteiger partial charge is 0.480 e. The smallest absolute Gasteiger partial charge is 0.414 e. The van der Waals surface area contributed by atoms with E-state index in [4.69, 9.17) is 10.2 Å². The van der Waals surface area contributed by atoms with Crippen molar-refractivity contribution >= 4 is 18.0 Å². The lowest BCUT2D eigenvalue weighted by atomic mass is 10.0. The van der Waals surface area contributed by atoms with Gasteiger partial charge in [0.25, 0.3) is 0 Å². The van der Waals surface area contributed by atoms with Crippen molar-refractivity contribution in [2.24, 2.45) is 5.41 Å². The van der Waals surface area contributed by atoms with Gasteiger partial charge in [-0.05, 0) is 19.3 Å². The van der Waals surface area contributed by atoms with Crippen molar-refractivity contribution in [2.75, 3.05) is 0 Å². The Kier molecular flexibility index (Phi) is 1.58. The molecule has 14 heavy (non-hydrogen) atoms. The van der Waals surface area contributed by atoms with Gasteiger partial charge < -0.3 is 10.2 Å². The van der Waals surface area contributed by atoms with Crippen molar-refractivity contribution in [1.82, 2.24) is 4.90 Å². The highest BCUT2D eigenvalue weighted by molar-refractivity contribution is 6.02. The first kappa shape index (κ1) is 8.98. The Morgan fingerprint density at radius 1 is 1.36 bits per heavy atom. The molecule has 1 heterocycles. The molecule has 0 unspecified atom stereocenters. The highest BCUT2D eigenvalue weighted by Gasteiger charge is 2.62. The molecule has 1 aliphatic heterocycles. The molecule has 0 bridgehead atoms. The minimum Gasteiger partial charge on any atom is -0.480 e. The number of carbonyl (C=O) groups is 3. The van der Waals surface area contributed by atoms with E-state index in [1.165, 1.54) is 0 Å². The predicted molar refractivity (Wildman–Crippen MR) is 42.6 cm³/mol. The van der Waals surface area contributed by atoms with Gasteiger partial charge in [0.1, 0.15) is 6.04 Å². The lowest BCUT2D eigenvalue weighted by Gasteiger charge is -2.14. The average Bonchev–Trinajstić information content (AvgIpc) is 2.76. The van der Waals surface area contributed by atoms with Gasteiger partial charge in [-0.25, -0.2) is 14.5 Å². The number of carboxylic acids is 1. The van der Waals surface area contributed by atoms with Gasteiger partial charge >= 0.3 is 12.1 Å². The maximum absolute atomic E-state index is 11.5. The van der Waals surface area contributed by atoms with Crippen LogP contribution in [-0.2, 0) is 9.59 Å². The number of nitrogens with zero attached hydrogens (tertiary/aromatic N) is 1. The van der Waals surface area contributed by atoms with E-state index in [1.54, 1.807) is 0 Å². The Morgan fingerprint density at radius 3 is 2.21 bits per heavy atom. The Bertz CT molecular complexity index is 333. The van der Waals surface area contributed by atoms with Gasteiger partial charge in [-0.15, -0.1) is 0 Å². The molecule has 0 aromatic carbocycles. The van der Waals surface area contributed by atoms with Gasteiger partial charge in [0.15, 0.2) is 0 Å². The van der Waals surface area contributed by atoms with E-state index >= 15 is 0 Å². The Balaban J connectivity index is 2.31. The molecule has 6 nitrogen and oxygen atoms in total. The number of hydrogen-bond acceptors (Lipinski definition) is 3. The fraction of sp³-hybridized carbons (Fsp3) is 0.625. The summed E-state index contributed by atoms with van der Waals surface area (Å²) in [6, 6.07) is -1.19. The zero-order chi connectivity index (χ0) is 10.5. The summed E-state index contributed by atoms with van der Waals surface area (Å²) < 4.78 is 0. The van der Waals surface area contributed by atoms with Gasteiger partial charge in [0, 0.05) is 0 Å². The molecule has 2 aliphatic rings. The summed E-state index contributed by atoms with van der Waals surface area (Å²) in [4.78, 5) is 33.4. The molecule has 2 rings (SSSR count). The summed E-state index contributed by atoms with van der Waals surface area (Å²) in [5.74, 6) is -1.79. The third kappa shape index (κ3) is 0.997. The maximum atomic E-state index is 11.5. The van der Waals surface area contributed by atoms with E-state index in [-0.39, 0.29) is 6.42 Å². The van der Waals surface area contributed by atoms with Gasteiger partial charge in [-0.1, -0.05) is 0 Å². The van der Waals surface area contributed by atoms with Crippen LogP contribution >= 0.6 is 0 Å². The van der Waals surface area contributed by atoms with Gasteiger partial charge in [-0.3, -0.25) is 4.79 Å². The number of rotatable bonds is 1. The number of carboxylic acid groups (broad SMARTS) is 2. The van der Waals surface area contributed by atoms with Gasteiger partial charge in [-0.2, -0.15) is 0 Å². The molecule has 1 saturated heterocycles. The first-order valence-corrected chi connectivity index (χ1v) is 4.27. The van der Waals surface area contributed by atoms with Crippen LogP contribution in [-0.4, -0.2) is 39.1 Å². The molecular formula is C8H9NO5. The minimum absolute atomic E-state index is 0.132. The summed E-state index contributed by atoms with van der Waals surface area (Å²) in [6.07, 6.45) is -0.113. The zero-order valence-electron chi connectivity index (χ0n) is 7.27. The summed E-state index contributed by atoms with van der Waals surface area (Å²) in [5, 5.41) is 17.5. The first-order valence-electron chi connectivity index (χ1n) is 4.27. The zero-order valence-corrected chi connectivity index (χ0v) is 7.27. The highest BCUT2D eigenvalue weighted by atomic mass is 16.4. The summed E-state index contributed by atoms with van der Waals surface area (Å²) in [6.45, 7) is 0. The molecular weight excluding hydrogens is 190 g/mol. The molecule has 2 N–H and O–H groups in total. The van der Waals surface area contributed by atoms with E-state index in [1.807, 2.05) is 0 Å². The molecule has 1 aliphatic carbocycles. The SMILES string of the molecule is O=C(O)[C@@H]1CC2(CC2)C(=O)N1C(=O)O. The Labute approximate surface area is 79.1 Å². The second-order valence-corrected chi connectivity index (χ2v) is 3.80. The summed E-state index contributed by atoms with van der Waals surface area (Å²) >= 11 is 0. The van der Waals surface area contributed by atoms with Crippen LogP contribution in [0.2, 0.25) is 0 Å². The lowest BCUT2D eigenvalue weighted by molar-refractivity contribution is -0.145. The van der Waals surface area contributed by atoms with Crippen molar-refractivity contribution in [3.05, 3.63) is 0 Å². The van der Waals surface area contributed by atoms with E-state index < -0.39 is 29.4 Å². The number of amides is 2. The van der Waals surface area contributed by atoms with Crippen LogP contribution in [0.25, 0.3) is 0 Å². The standard InChI is InChI=1S/C8H9NO5/c10-5(11)4-3-8(1-2-8)6(12)9(4)7(13)14/h4H,1-3H2,(H,10,11)(H,13,14)/t4-/m0/s1. The van der Waals surface area contributed by atoms with Crippen LogP contribution in [0.15, 0.2) is 0 Å². The second kappa shape index (κ2) is 2.46. The number of aliphatic carboxylic acids is 1. The normalized spacial score (nSPS) is 28.1. The monoisotopic (exact) mass is 199 g/mol. The van der Waals surface area contributed by atoms with Gasteiger partial charge in [0.05, 0.1) is 5.41 Å².